The van der Waals surface area contributed by atoms with Crippen LogP contribution in [0.4, 0.5) is 5.69 Å². The van der Waals surface area contributed by atoms with E-state index >= 15 is 0 Å². The van der Waals surface area contributed by atoms with Crippen LogP contribution in [-0.2, 0) is 16.6 Å². The lowest BCUT2D eigenvalue weighted by atomic mass is 10.1. The summed E-state index contributed by atoms with van der Waals surface area (Å²) < 4.78 is 34.6. The molecule has 8 heteroatoms. The number of anilines is 1. The standard InChI is InChI=1S/C27H37N3O4S/c1-21(2)34-24-12-9-22(10-13-24)20-28-27(31)23-11-14-25(29-15-5-3-6-16-29)26(19-23)35(32,33)30-17-7-4-8-18-30/h9-14,19,21H,3-8,15-18,20H2,1-2H3,(H,28,31). The highest BCUT2D eigenvalue weighted by molar-refractivity contribution is 7.89. The lowest BCUT2D eigenvalue weighted by Crippen LogP contribution is -2.38. The summed E-state index contributed by atoms with van der Waals surface area (Å²) in [5.41, 5.74) is 2.02. The highest BCUT2D eigenvalue weighted by Crippen LogP contribution is 2.32. The van der Waals surface area contributed by atoms with Gasteiger partial charge in [0.1, 0.15) is 10.6 Å². The molecule has 0 atom stereocenters. The lowest BCUT2D eigenvalue weighted by Gasteiger charge is -2.33. The Balaban J connectivity index is 1.54. The molecule has 7 nitrogen and oxygen atoms in total. The molecule has 0 radical (unpaired) electrons. The van der Waals surface area contributed by atoms with Crippen molar-refractivity contribution < 1.29 is 17.9 Å². The van der Waals surface area contributed by atoms with Gasteiger partial charge in [-0.3, -0.25) is 4.79 Å². The molecular weight excluding hydrogens is 462 g/mol. The van der Waals surface area contributed by atoms with Crippen molar-refractivity contribution in [2.75, 3.05) is 31.1 Å². The molecule has 2 aliphatic heterocycles. The van der Waals surface area contributed by atoms with E-state index in [1.54, 1.807) is 16.4 Å². The van der Waals surface area contributed by atoms with Crippen molar-refractivity contribution >= 4 is 21.6 Å². The maximum atomic E-state index is 13.7. The number of nitrogens with one attached hydrogen (secondary N) is 1. The smallest absolute Gasteiger partial charge is 0.251 e. The largest absolute Gasteiger partial charge is 0.491 e. The average molecular weight is 500 g/mol. The fourth-order valence-electron chi connectivity index (χ4n) is 4.74. The van der Waals surface area contributed by atoms with Gasteiger partial charge in [0.2, 0.25) is 10.0 Å². The molecule has 2 fully saturated rings. The van der Waals surface area contributed by atoms with Crippen molar-refractivity contribution in [2.24, 2.45) is 0 Å². The number of piperidine rings is 2. The third-order valence-corrected chi connectivity index (χ3v) is 8.53. The van der Waals surface area contributed by atoms with E-state index in [0.717, 1.165) is 62.9 Å². The molecule has 1 N–H and O–H groups in total. The summed E-state index contributed by atoms with van der Waals surface area (Å²) in [4.78, 5) is 15.4. The Hall–Kier alpha value is -2.58. The number of nitrogens with zero attached hydrogens (tertiary/aromatic N) is 2. The lowest BCUT2D eigenvalue weighted by molar-refractivity contribution is 0.0950. The molecule has 2 saturated heterocycles. The monoisotopic (exact) mass is 499 g/mol. The molecule has 35 heavy (non-hydrogen) atoms. The summed E-state index contributed by atoms with van der Waals surface area (Å²) in [5.74, 6) is 0.503. The molecule has 2 aliphatic rings. The molecule has 0 unspecified atom stereocenters. The Morgan fingerprint density at radius 3 is 2.17 bits per heavy atom. The quantitative estimate of drug-likeness (QED) is 0.576. The Bertz CT molecular complexity index is 1100. The number of carbonyl (C=O) groups excluding carboxylic acids is 1. The zero-order valence-electron chi connectivity index (χ0n) is 20.8. The highest BCUT2D eigenvalue weighted by Gasteiger charge is 2.31. The van der Waals surface area contributed by atoms with Crippen molar-refractivity contribution in [3.05, 3.63) is 53.6 Å². The summed E-state index contributed by atoms with van der Waals surface area (Å²) in [6, 6.07) is 12.7. The van der Waals surface area contributed by atoms with Crippen molar-refractivity contribution in [1.29, 1.82) is 0 Å². The Labute approximate surface area is 209 Å². The molecule has 0 bridgehead atoms. The van der Waals surface area contributed by atoms with Crippen molar-refractivity contribution in [3.63, 3.8) is 0 Å². The SMILES string of the molecule is CC(C)Oc1ccc(CNC(=O)c2ccc(N3CCCCC3)c(S(=O)(=O)N3CCCCC3)c2)cc1. The highest BCUT2D eigenvalue weighted by atomic mass is 32.2. The van der Waals surface area contributed by atoms with Crippen LogP contribution < -0.4 is 15.0 Å². The third kappa shape index (κ3) is 6.35. The molecule has 1 amide bonds. The minimum atomic E-state index is -3.68. The summed E-state index contributed by atoms with van der Waals surface area (Å²) in [7, 11) is -3.68. The minimum Gasteiger partial charge on any atom is -0.491 e. The number of ether oxygens (including phenoxy) is 1. The maximum absolute atomic E-state index is 13.7. The van der Waals surface area contributed by atoms with Crippen molar-refractivity contribution in [3.8, 4) is 5.75 Å². The predicted octanol–water partition coefficient (Wildman–Crippen LogP) is 4.57. The van der Waals surface area contributed by atoms with Gasteiger partial charge in [0.15, 0.2) is 0 Å². The van der Waals surface area contributed by atoms with Gasteiger partial charge >= 0.3 is 0 Å². The van der Waals surface area contributed by atoms with Crippen LogP contribution in [0.15, 0.2) is 47.4 Å². The summed E-state index contributed by atoms with van der Waals surface area (Å²) in [5, 5.41) is 2.93. The van der Waals surface area contributed by atoms with Crippen LogP contribution in [0.5, 0.6) is 5.75 Å². The van der Waals surface area contributed by atoms with Gasteiger partial charge in [0.25, 0.3) is 5.91 Å². The second-order valence-electron chi connectivity index (χ2n) is 9.69. The number of sulfonamides is 1. The topological polar surface area (TPSA) is 79.0 Å². The number of hydrogen-bond donors (Lipinski definition) is 1. The molecule has 0 aliphatic carbocycles. The van der Waals surface area contributed by atoms with Gasteiger partial charge < -0.3 is 15.0 Å². The Morgan fingerprint density at radius 1 is 0.914 bits per heavy atom. The molecule has 2 aromatic carbocycles. The van der Waals surface area contributed by atoms with Crippen LogP contribution in [0.3, 0.4) is 0 Å². The van der Waals surface area contributed by atoms with Crippen LogP contribution in [-0.4, -0.2) is 50.9 Å². The summed E-state index contributed by atoms with van der Waals surface area (Å²) >= 11 is 0. The first kappa shape index (κ1) is 25.5. The molecule has 4 rings (SSSR count). The van der Waals surface area contributed by atoms with Crippen LogP contribution in [0, 0.1) is 0 Å². The van der Waals surface area contributed by atoms with Gasteiger partial charge in [-0.25, -0.2) is 8.42 Å². The first-order valence-corrected chi connectivity index (χ1v) is 14.2. The normalized spacial score (nSPS) is 17.4. The molecule has 0 aromatic heterocycles. The molecule has 0 saturated carbocycles. The Kier molecular flexibility index (Phi) is 8.34. The fraction of sp³-hybridized carbons (Fsp3) is 0.519. The molecular formula is C27H37N3O4S. The average Bonchev–Trinajstić information content (AvgIpc) is 2.88. The second-order valence-corrected chi connectivity index (χ2v) is 11.6. The molecule has 190 valence electrons. The third-order valence-electron chi connectivity index (χ3n) is 6.60. The van der Waals surface area contributed by atoms with E-state index in [9.17, 15) is 13.2 Å². The zero-order valence-corrected chi connectivity index (χ0v) is 21.6. The first-order chi connectivity index (χ1) is 16.8. The summed E-state index contributed by atoms with van der Waals surface area (Å²) in [6.07, 6.45) is 6.16. The van der Waals surface area contributed by atoms with E-state index in [1.165, 1.54) is 0 Å². The van der Waals surface area contributed by atoms with E-state index in [-0.39, 0.29) is 16.9 Å². The van der Waals surface area contributed by atoms with Gasteiger partial charge in [-0.2, -0.15) is 4.31 Å². The molecule has 0 spiro atoms. The van der Waals surface area contributed by atoms with E-state index in [2.05, 4.69) is 10.2 Å². The second kappa shape index (κ2) is 11.4. The predicted molar refractivity (Wildman–Crippen MR) is 138 cm³/mol. The molecule has 2 heterocycles. The number of hydrogen-bond acceptors (Lipinski definition) is 5. The van der Waals surface area contributed by atoms with E-state index in [0.29, 0.717) is 30.9 Å². The van der Waals surface area contributed by atoms with Gasteiger partial charge in [-0.05, 0) is 81.8 Å². The zero-order chi connectivity index (χ0) is 24.8. The van der Waals surface area contributed by atoms with Crippen LogP contribution in [0.1, 0.15) is 68.3 Å². The van der Waals surface area contributed by atoms with Gasteiger partial charge in [-0.15, -0.1) is 0 Å². The van der Waals surface area contributed by atoms with Crippen molar-refractivity contribution in [1.82, 2.24) is 9.62 Å². The maximum Gasteiger partial charge on any atom is 0.251 e. The van der Waals surface area contributed by atoms with E-state index < -0.39 is 10.0 Å². The summed E-state index contributed by atoms with van der Waals surface area (Å²) in [6.45, 7) is 7.05. The van der Waals surface area contributed by atoms with Crippen LogP contribution in [0.2, 0.25) is 0 Å². The minimum absolute atomic E-state index is 0.101. The number of carbonyl (C=O) groups is 1. The molecule has 2 aromatic rings. The fourth-order valence-corrected chi connectivity index (χ4v) is 6.50. The number of rotatable bonds is 8. The van der Waals surface area contributed by atoms with Crippen molar-refractivity contribution in [2.45, 2.75) is 69.9 Å². The number of benzene rings is 2. The first-order valence-electron chi connectivity index (χ1n) is 12.8. The number of amides is 1. The van der Waals surface area contributed by atoms with Gasteiger partial charge in [-0.1, -0.05) is 18.6 Å². The van der Waals surface area contributed by atoms with Crippen LogP contribution >= 0.6 is 0 Å². The Morgan fingerprint density at radius 2 is 1.54 bits per heavy atom. The van der Waals surface area contributed by atoms with Crippen LogP contribution in [0.25, 0.3) is 0 Å². The van der Waals surface area contributed by atoms with E-state index in [1.807, 2.05) is 44.2 Å². The van der Waals surface area contributed by atoms with Gasteiger partial charge in [0, 0.05) is 38.3 Å². The van der Waals surface area contributed by atoms with Gasteiger partial charge in [0.05, 0.1) is 11.8 Å². The van der Waals surface area contributed by atoms with E-state index in [4.69, 9.17) is 4.74 Å².